The summed E-state index contributed by atoms with van der Waals surface area (Å²) in [4.78, 5) is 2.35. The van der Waals surface area contributed by atoms with Crippen LogP contribution in [0.25, 0.3) is 0 Å². The van der Waals surface area contributed by atoms with Gasteiger partial charge < -0.3 is 0 Å². The lowest BCUT2D eigenvalue weighted by atomic mass is 10.0. The van der Waals surface area contributed by atoms with Crippen LogP contribution in [-0.2, 0) is 10.2 Å². The van der Waals surface area contributed by atoms with E-state index in [9.17, 15) is 8.42 Å². The van der Waals surface area contributed by atoms with Crippen molar-refractivity contribution in [2.45, 2.75) is 25.8 Å². The Kier molecular flexibility index (Phi) is 5.15. The summed E-state index contributed by atoms with van der Waals surface area (Å²) in [6.07, 6.45) is 2.36. The number of rotatable bonds is 6. The van der Waals surface area contributed by atoms with Gasteiger partial charge in [-0.05, 0) is 38.4 Å². The first-order valence-electron chi connectivity index (χ1n) is 7.00. The number of likely N-dealkylation sites (tertiary alicyclic amines) is 1. The maximum Gasteiger partial charge on any atom is 0.276 e. The van der Waals surface area contributed by atoms with E-state index < -0.39 is 10.2 Å². The van der Waals surface area contributed by atoms with Gasteiger partial charge in [0, 0.05) is 19.6 Å². The van der Waals surface area contributed by atoms with Crippen molar-refractivity contribution in [1.82, 2.24) is 14.3 Å². The van der Waals surface area contributed by atoms with Gasteiger partial charge in [0.15, 0.2) is 0 Å². The SMILES string of the molecule is CNS(=O)(=O)NCC(c1ccc(C)cc1)N1CCCC1. The first-order chi connectivity index (χ1) is 9.52. The molecule has 1 aliphatic rings. The highest BCUT2D eigenvalue weighted by Gasteiger charge is 2.24. The maximum atomic E-state index is 11.6. The van der Waals surface area contributed by atoms with Gasteiger partial charge >= 0.3 is 0 Å². The molecule has 0 bridgehead atoms. The van der Waals surface area contributed by atoms with Crippen LogP contribution < -0.4 is 9.44 Å². The quantitative estimate of drug-likeness (QED) is 0.829. The summed E-state index contributed by atoms with van der Waals surface area (Å²) in [5.41, 5.74) is 2.38. The molecule has 1 saturated heterocycles. The standard InChI is InChI=1S/C14H23N3O2S/c1-12-5-7-13(8-6-12)14(17-9-3-4-10-17)11-16-20(18,19)15-2/h5-8,14-16H,3-4,9-11H2,1-2H3. The van der Waals surface area contributed by atoms with Crippen LogP contribution in [0.4, 0.5) is 0 Å². The molecule has 0 radical (unpaired) electrons. The summed E-state index contributed by atoms with van der Waals surface area (Å²) in [7, 11) is -1.97. The summed E-state index contributed by atoms with van der Waals surface area (Å²) >= 11 is 0. The third-order valence-corrected chi connectivity index (χ3v) is 4.86. The van der Waals surface area contributed by atoms with Gasteiger partial charge in [-0.15, -0.1) is 0 Å². The average molecular weight is 297 g/mol. The molecule has 112 valence electrons. The Morgan fingerprint density at radius 3 is 2.35 bits per heavy atom. The van der Waals surface area contributed by atoms with Crippen molar-refractivity contribution >= 4 is 10.2 Å². The Morgan fingerprint density at radius 1 is 1.20 bits per heavy atom. The number of nitrogens with zero attached hydrogens (tertiary/aromatic N) is 1. The lowest BCUT2D eigenvalue weighted by Crippen LogP contribution is -2.40. The van der Waals surface area contributed by atoms with Gasteiger partial charge in [-0.3, -0.25) is 4.90 Å². The van der Waals surface area contributed by atoms with Crippen LogP contribution in [-0.4, -0.2) is 40.0 Å². The van der Waals surface area contributed by atoms with Crippen LogP contribution >= 0.6 is 0 Å². The predicted octanol–water partition coefficient (Wildman–Crippen LogP) is 1.19. The van der Waals surface area contributed by atoms with Crippen molar-refractivity contribution in [2.75, 3.05) is 26.7 Å². The topological polar surface area (TPSA) is 61.4 Å². The van der Waals surface area contributed by atoms with Gasteiger partial charge in [-0.2, -0.15) is 8.42 Å². The van der Waals surface area contributed by atoms with E-state index in [1.807, 2.05) is 0 Å². The molecule has 0 spiro atoms. The molecular formula is C14H23N3O2S. The Labute approximate surface area is 121 Å². The van der Waals surface area contributed by atoms with Crippen molar-refractivity contribution in [2.24, 2.45) is 0 Å². The van der Waals surface area contributed by atoms with Crippen molar-refractivity contribution in [3.8, 4) is 0 Å². The molecule has 0 saturated carbocycles. The molecule has 0 amide bonds. The van der Waals surface area contributed by atoms with Gasteiger partial charge in [0.1, 0.15) is 0 Å². The van der Waals surface area contributed by atoms with E-state index in [1.165, 1.54) is 25.5 Å². The number of hydrogen-bond acceptors (Lipinski definition) is 3. The third kappa shape index (κ3) is 4.02. The van der Waals surface area contributed by atoms with Crippen LogP contribution in [0, 0.1) is 6.92 Å². The molecule has 1 aliphatic heterocycles. The third-order valence-electron chi connectivity index (χ3n) is 3.78. The second-order valence-electron chi connectivity index (χ2n) is 5.23. The van der Waals surface area contributed by atoms with E-state index in [1.54, 1.807) is 0 Å². The lowest BCUT2D eigenvalue weighted by molar-refractivity contribution is 0.246. The van der Waals surface area contributed by atoms with Crippen LogP contribution in [0.3, 0.4) is 0 Å². The normalized spacial score (nSPS) is 18.3. The van der Waals surface area contributed by atoms with E-state index in [4.69, 9.17) is 0 Å². The zero-order chi connectivity index (χ0) is 14.6. The van der Waals surface area contributed by atoms with Crippen LogP contribution in [0.5, 0.6) is 0 Å². The summed E-state index contributed by atoms with van der Waals surface area (Å²) in [6, 6.07) is 8.43. The van der Waals surface area contributed by atoms with Crippen molar-refractivity contribution < 1.29 is 8.42 Å². The highest BCUT2D eigenvalue weighted by atomic mass is 32.2. The van der Waals surface area contributed by atoms with E-state index >= 15 is 0 Å². The molecule has 2 N–H and O–H groups in total. The number of benzene rings is 1. The molecule has 1 aromatic carbocycles. The van der Waals surface area contributed by atoms with Gasteiger partial charge in [0.2, 0.25) is 0 Å². The molecule has 6 heteroatoms. The Morgan fingerprint density at radius 2 is 1.80 bits per heavy atom. The van der Waals surface area contributed by atoms with E-state index in [2.05, 4.69) is 45.5 Å². The molecule has 2 rings (SSSR count). The summed E-state index contributed by atoms with van der Waals surface area (Å²) in [5.74, 6) is 0. The number of hydrogen-bond donors (Lipinski definition) is 2. The van der Waals surface area contributed by atoms with Gasteiger partial charge in [-0.25, -0.2) is 9.44 Å². The van der Waals surface area contributed by atoms with Crippen LogP contribution in [0.2, 0.25) is 0 Å². The Balaban J connectivity index is 2.14. The first kappa shape index (κ1) is 15.4. The maximum absolute atomic E-state index is 11.6. The molecule has 5 nitrogen and oxygen atoms in total. The van der Waals surface area contributed by atoms with E-state index in [0.717, 1.165) is 18.7 Å². The molecule has 0 aromatic heterocycles. The monoisotopic (exact) mass is 297 g/mol. The van der Waals surface area contributed by atoms with E-state index in [-0.39, 0.29) is 6.04 Å². The number of aryl methyl sites for hydroxylation is 1. The molecule has 0 aliphatic carbocycles. The molecule has 1 aromatic rings. The zero-order valence-corrected chi connectivity index (χ0v) is 12.9. The van der Waals surface area contributed by atoms with Crippen LogP contribution in [0.15, 0.2) is 24.3 Å². The molecule has 1 heterocycles. The molecule has 1 atom stereocenters. The second kappa shape index (κ2) is 6.67. The predicted molar refractivity (Wildman–Crippen MR) is 80.7 cm³/mol. The smallest absolute Gasteiger partial charge is 0.276 e. The van der Waals surface area contributed by atoms with Gasteiger partial charge in [0.25, 0.3) is 10.2 Å². The number of nitrogens with one attached hydrogen (secondary N) is 2. The minimum Gasteiger partial charge on any atom is -0.295 e. The van der Waals surface area contributed by atoms with Gasteiger partial charge in [-0.1, -0.05) is 29.8 Å². The summed E-state index contributed by atoms with van der Waals surface area (Å²) < 4.78 is 28.0. The van der Waals surface area contributed by atoms with Crippen LogP contribution in [0.1, 0.15) is 30.0 Å². The average Bonchev–Trinajstić information content (AvgIpc) is 2.95. The first-order valence-corrected chi connectivity index (χ1v) is 8.49. The fraction of sp³-hybridized carbons (Fsp3) is 0.571. The van der Waals surface area contributed by atoms with Crippen molar-refractivity contribution in [3.05, 3.63) is 35.4 Å². The molecular weight excluding hydrogens is 274 g/mol. The second-order valence-corrected chi connectivity index (χ2v) is 6.93. The highest BCUT2D eigenvalue weighted by Crippen LogP contribution is 2.24. The highest BCUT2D eigenvalue weighted by molar-refractivity contribution is 7.87. The minimum absolute atomic E-state index is 0.0984. The largest absolute Gasteiger partial charge is 0.295 e. The van der Waals surface area contributed by atoms with E-state index in [0.29, 0.717) is 6.54 Å². The Bertz CT molecular complexity index is 522. The molecule has 1 unspecified atom stereocenters. The zero-order valence-electron chi connectivity index (χ0n) is 12.1. The fourth-order valence-corrected chi connectivity index (χ4v) is 3.08. The summed E-state index contributed by atoms with van der Waals surface area (Å²) in [5, 5.41) is 0. The van der Waals surface area contributed by atoms with Crippen molar-refractivity contribution in [1.29, 1.82) is 0 Å². The fourth-order valence-electron chi connectivity index (χ4n) is 2.56. The Hall–Kier alpha value is -0.950. The lowest BCUT2D eigenvalue weighted by Gasteiger charge is -2.28. The minimum atomic E-state index is -3.39. The summed E-state index contributed by atoms with van der Waals surface area (Å²) in [6.45, 7) is 4.50. The molecule has 20 heavy (non-hydrogen) atoms. The molecule has 1 fully saturated rings. The van der Waals surface area contributed by atoms with Crippen molar-refractivity contribution in [3.63, 3.8) is 0 Å². The van der Waals surface area contributed by atoms with Gasteiger partial charge in [0.05, 0.1) is 0 Å².